The Kier molecular flexibility index (Phi) is 11.3. The zero-order valence-corrected chi connectivity index (χ0v) is 30.7. The summed E-state index contributed by atoms with van der Waals surface area (Å²) in [6.45, 7) is 4.75. The number of carbonyl (C=O) groups excluding carboxylic acids is 2. The Morgan fingerprint density at radius 3 is 2.59 bits per heavy atom. The van der Waals surface area contributed by atoms with Crippen molar-refractivity contribution in [3.63, 3.8) is 0 Å². The first kappa shape index (κ1) is 35.5. The molecule has 2 aromatic heterocycles. The molecule has 2 atom stereocenters. The van der Waals surface area contributed by atoms with E-state index in [9.17, 15) is 4.79 Å². The molecule has 3 heterocycles. The van der Waals surface area contributed by atoms with E-state index < -0.39 is 12.1 Å². The third-order valence-electron chi connectivity index (χ3n) is 10.6. The van der Waals surface area contributed by atoms with Gasteiger partial charge < -0.3 is 14.2 Å². The predicted octanol–water partition coefficient (Wildman–Crippen LogP) is 7.66. The molecule has 4 aromatic rings. The summed E-state index contributed by atoms with van der Waals surface area (Å²) in [6, 6.07) is 16.9. The number of aromatic nitrogens is 3. The lowest BCUT2D eigenvalue weighted by Crippen LogP contribution is -2.62. The number of halogens is 2. The minimum Gasteiger partial charge on any atom is -0.446 e. The predicted molar refractivity (Wildman–Crippen MR) is 199 cm³/mol. The van der Waals surface area contributed by atoms with E-state index in [1.807, 2.05) is 71.5 Å². The fraction of sp³-hybridized carbons (Fsp3) is 0.450. The number of aryl methyl sites for hydroxylation is 4. The van der Waals surface area contributed by atoms with Crippen LogP contribution >= 0.6 is 23.2 Å². The zero-order chi connectivity index (χ0) is 35.3. The van der Waals surface area contributed by atoms with Gasteiger partial charge >= 0.3 is 6.09 Å². The number of nitrogens with zero attached hydrogens (tertiary/aromatic N) is 6. The quantitative estimate of drug-likeness (QED) is 0.176. The normalized spacial score (nSPS) is 19.5. The number of rotatable bonds is 9. The molecule has 0 radical (unpaired) electrons. The number of carbonyl (C=O) groups is 2. The van der Waals surface area contributed by atoms with Crippen molar-refractivity contribution in [1.82, 2.24) is 29.2 Å². The summed E-state index contributed by atoms with van der Waals surface area (Å²) in [7, 11) is 0. The average Bonchev–Trinajstić information content (AvgIpc) is 3.49. The van der Waals surface area contributed by atoms with Crippen LogP contribution in [0, 0.1) is 6.92 Å². The fourth-order valence-electron chi connectivity index (χ4n) is 7.96. The van der Waals surface area contributed by atoms with Gasteiger partial charge in [-0.25, -0.2) is 9.78 Å². The van der Waals surface area contributed by atoms with Gasteiger partial charge in [0.2, 0.25) is 5.91 Å². The molecule has 51 heavy (non-hydrogen) atoms. The Bertz CT molecular complexity index is 1840. The SMILES string of the molecule is Cc1cn(CCCN(Cc2ccccc2Cl)C(=O)[C@H]2CN([C@H]3c4ccc(Cl)cc4CCc4cccnc43)CCN2C(=O)OC2CCCCC2)cn1. The second-order valence-corrected chi connectivity index (χ2v) is 14.9. The van der Waals surface area contributed by atoms with Crippen LogP contribution in [0.1, 0.15) is 78.2 Å². The molecule has 1 saturated carbocycles. The molecule has 0 N–H and O–H groups in total. The van der Waals surface area contributed by atoms with Crippen LogP contribution < -0.4 is 0 Å². The van der Waals surface area contributed by atoms with E-state index in [0.29, 0.717) is 55.7 Å². The van der Waals surface area contributed by atoms with Crippen LogP contribution in [0.25, 0.3) is 0 Å². The van der Waals surface area contributed by atoms with Gasteiger partial charge in [0.1, 0.15) is 12.1 Å². The molecule has 2 aromatic carbocycles. The van der Waals surface area contributed by atoms with Crippen LogP contribution in [0.3, 0.4) is 0 Å². The van der Waals surface area contributed by atoms with Gasteiger partial charge in [0.15, 0.2) is 0 Å². The summed E-state index contributed by atoms with van der Waals surface area (Å²) < 4.78 is 8.18. The van der Waals surface area contributed by atoms with Crippen molar-refractivity contribution in [3.8, 4) is 0 Å². The summed E-state index contributed by atoms with van der Waals surface area (Å²) in [5.41, 5.74) is 6.32. The number of hydrogen-bond donors (Lipinski definition) is 0. The van der Waals surface area contributed by atoms with E-state index in [0.717, 1.165) is 67.5 Å². The van der Waals surface area contributed by atoms with Crippen LogP contribution in [-0.4, -0.2) is 79.6 Å². The average molecular weight is 730 g/mol. The van der Waals surface area contributed by atoms with Crippen LogP contribution in [0.2, 0.25) is 10.0 Å². The van der Waals surface area contributed by atoms with Crippen LogP contribution in [0.4, 0.5) is 4.79 Å². The number of pyridine rings is 1. The van der Waals surface area contributed by atoms with E-state index in [4.69, 9.17) is 32.9 Å². The van der Waals surface area contributed by atoms with Crippen molar-refractivity contribution in [2.45, 2.75) is 89.6 Å². The van der Waals surface area contributed by atoms with E-state index in [1.54, 1.807) is 4.90 Å². The van der Waals surface area contributed by atoms with Gasteiger partial charge in [-0.1, -0.05) is 60.0 Å². The van der Waals surface area contributed by atoms with Crippen molar-refractivity contribution in [2.75, 3.05) is 26.2 Å². The fourth-order valence-corrected chi connectivity index (χ4v) is 8.35. The first-order valence-corrected chi connectivity index (χ1v) is 19.0. The number of ether oxygens (including phenoxy) is 1. The lowest BCUT2D eigenvalue weighted by Gasteiger charge is -2.45. The van der Waals surface area contributed by atoms with Crippen LogP contribution in [0.5, 0.6) is 0 Å². The van der Waals surface area contributed by atoms with E-state index >= 15 is 4.79 Å². The molecule has 0 bridgehead atoms. The lowest BCUT2D eigenvalue weighted by atomic mass is 9.95. The van der Waals surface area contributed by atoms with Crippen molar-refractivity contribution < 1.29 is 14.3 Å². The minimum absolute atomic E-state index is 0.117. The number of imidazole rings is 1. The standard InChI is InChI=1S/C40H46Cl2N6O3/c1-28-24-45(27-44-28)19-8-20-47(25-31-9-5-6-13-35(31)42)39(49)36-26-46(21-22-48(36)40(50)51-33-11-3-2-4-12-33)38-34-17-16-32(41)23-30(34)15-14-29-10-7-18-43-37(29)38/h5-7,9-10,13,16-18,23-24,27,33,36,38H,2-4,8,11-12,14-15,19-22,25-26H2,1H3/t36-,38+/m1/s1. The highest BCUT2D eigenvalue weighted by atomic mass is 35.5. The first-order valence-electron chi connectivity index (χ1n) is 18.3. The topological polar surface area (TPSA) is 83.8 Å². The lowest BCUT2D eigenvalue weighted by molar-refractivity contribution is -0.140. The molecule has 0 spiro atoms. The Morgan fingerprint density at radius 2 is 1.78 bits per heavy atom. The maximum absolute atomic E-state index is 15.1. The molecule has 2 aliphatic carbocycles. The third-order valence-corrected chi connectivity index (χ3v) is 11.2. The number of piperazine rings is 1. The highest BCUT2D eigenvalue weighted by Gasteiger charge is 2.43. The van der Waals surface area contributed by atoms with Crippen molar-refractivity contribution in [3.05, 3.63) is 117 Å². The second-order valence-electron chi connectivity index (χ2n) is 14.1. The van der Waals surface area contributed by atoms with Gasteiger partial charge in [-0.05, 0) is 98.4 Å². The van der Waals surface area contributed by atoms with E-state index in [1.165, 1.54) is 11.1 Å². The highest BCUT2D eigenvalue weighted by molar-refractivity contribution is 6.31. The van der Waals surface area contributed by atoms with Crippen LogP contribution in [-0.2, 0) is 35.5 Å². The molecule has 1 aliphatic heterocycles. The maximum Gasteiger partial charge on any atom is 0.410 e. The summed E-state index contributed by atoms with van der Waals surface area (Å²) in [6.07, 6.45) is 12.5. The van der Waals surface area contributed by atoms with E-state index in [2.05, 4.69) is 28.1 Å². The van der Waals surface area contributed by atoms with Crippen molar-refractivity contribution >= 4 is 35.2 Å². The monoisotopic (exact) mass is 728 g/mol. The van der Waals surface area contributed by atoms with Gasteiger partial charge in [0, 0.05) is 61.7 Å². The third kappa shape index (κ3) is 8.27. The number of fused-ring (bicyclic) bond motifs is 2. The smallest absolute Gasteiger partial charge is 0.410 e. The van der Waals surface area contributed by atoms with Crippen LogP contribution in [0.15, 0.2) is 73.3 Å². The molecule has 268 valence electrons. The second kappa shape index (κ2) is 16.2. The Labute approximate surface area is 310 Å². The maximum atomic E-state index is 15.1. The molecule has 2 fully saturated rings. The van der Waals surface area contributed by atoms with Gasteiger partial charge in [0.05, 0.1) is 23.8 Å². The van der Waals surface area contributed by atoms with Gasteiger partial charge in [0.25, 0.3) is 0 Å². The van der Waals surface area contributed by atoms with Crippen molar-refractivity contribution in [2.24, 2.45) is 0 Å². The molecular formula is C40H46Cl2N6O3. The summed E-state index contributed by atoms with van der Waals surface area (Å²) >= 11 is 13.2. The molecule has 0 unspecified atom stereocenters. The Balaban J connectivity index is 1.22. The van der Waals surface area contributed by atoms with Crippen molar-refractivity contribution in [1.29, 1.82) is 0 Å². The van der Waals surface area contributed by atoms with Gasteiger partial charge in [-0.15, -0.1) is 0 Å². The molecule has 7 rings (SSSR count). The number of amides is 2. The largest absolute Gasteiger partial charge is 0.446 e. The first-order chi connectivity index (χ1) is 24.8. The molecule has 1 saturated heterocycles. The molecular weight excluding hydrogens is 683 g/mol. The minimum atomic E-state index is -0.765. The number of benzene rings is 2. The van der Waals surface area contributed by atoms with Gasteiger partial charge in [-0.3, -0.25) is 19.6 Å². The Hall–Kier alpha value is -3.92. The zero-order valence-electron chi connectivity index (χ0n) is 29.2. The summed E-state index contributed by atoms with van der Waals surface area (Å²) in [5.74, 6) is -0.117. The molecule has 2 amide bonds. The Morgan fingerprint density at radius 1 is 0.961 bits per heavy atom. The highest BCUT2D eigenvalue weighted by Crippen LogP contribution is 2.38. The molecule has 9 nitrogen and oxygen atoms in total. The molecule has 3 aliphatic rings. The molecule has 11 heteroatoms. The summed E-state index contributed by atoms with van der Waals surface area (Å²) in [5, 5.41) is 1.31. The summed E-state index contributed by atoms with van der Waals surface area (Å²) in [4.78, 5) is 44.3. The van der Waals surface area contributed by atoms with Gasteiger partial charge in [-0.2, -0.15) is 0 Å². The number of hydrogen-bond acceptors (Lipinski definition) is 6. The van der Waals surface area contributed by atoms with E-state index in [-0.39, 0.29) is 18.1 Å².